The van der Waals surface area contributed by atoms with Crippen molar-refractivity contribution >= 4 is 23.2 Å². The number of likely N-dealkylation sites (tertiary alicyclic amines) is 2. The monoisotopic (exact) mass is 349 g/mol. The van der Waals surface area contributed by atoms with Gasteiger partial charge in [0.2, 0.25) is 5.91 Å². The van der Waals surface area contributed by atoms with Crippen molar-refractivity contribution in [3.8, 4) is 0 Å². The number of carbonyl (C=O) groups is 2. The number of thiazole rings is 1. The number of nitrogens with zero attached hydrogens (tertiary/aromatic N) is 3. The molecule has 5 nitrogen and oxygen atoms in total. The van der Waals surface area contributed by atoms with Gasteiger partial charge in [-0.2, -0.15) is 0 Å². The average Bonchev–Trinajstić information content (AvgIpc) is 3.05. The van der Waals surface area contributed by atoms with E-state index < -0.39 is 0 Å². The molecule has 0 bridgehead atoms. The minimum atomic E-state index is 0.0611. The van der Waals surface area contributed by atoms with E-state index in [1.54, 1.807) is 11.3 Å². The highest BCUT2D eigenvalue weighted by Gasteiger charge is 2.40. The van der Waals surface area contributed by atoms with Gasteiger partial charge in [-0.25, -0.2) is 4.98 Å². The van der Waals surface area contributed by atoms with E-state index in [1.165, 1.54) is 0 Å². The first-order chi connectivity index (χ1) is 11.6. The zero-order valence-electron chi connectivity index (χ0n) is 14.7. The first-order valence-corrected chi connectivity index (χ1v) is 10.0. The highest BCUT2D eigenvalue weighted by Crippen LogP contribution is 2.32. The molecule has 0 saturated carbocycles. The van der Waals surface area contributed by atoms with Gasteiger partial charge in [0.1, 0.15) is 5.69 Å². The van der Waals surface area contributed by atoms with Crippen molar-refractivity contribution in [3.05, 3.63) is 16.1 Å². The van der Waals surface area contributed by atoms with Crippen LogP contribution in [0, 0.1) is 5.92 Å². The van der Waals surface area contributed by atoms with Gasteiger partial charge in [-0.05, 0) is 38.0 Å². The van der Waals surface area contributed by atoms with Crippen molar-refractivity contribution < 1.29 is 9.59 Å². The summed E-state index contributed by atoms with van der Waals surface area (Å²) >= 11 is 1.59. The van der Waals surface area contributed by atoms with Crippen LogP contribution in [0.25, 0.3) is 0 Å². The van der Waals surface area contributed by atoms with Gasteiger partial charge in [0, 0.05) is 37.5 Å². The molecule has 0 radical (unpaired) electrons. The Morgan fingerprint density at radius 3 is 2.92 bits per heavy atom. The van der Waals surface area contributed by atoms with Gasteiger partial charge in [-0.15, -0.1) is 11.3 Å². The number of amides is 2. The maximum absolute atomic E-state index is 12.8. The SMILES string of the molecule is CCCc1nc(C(=O)N2CC[C@@H]3[C@@H](CCC(=O)N3CCC)C2)cs1. The lowest BCUT2D eigenvalue weighted by Crippen LogP contribution is -2.57. The van der Waals surface area contributed by atoms with Crippen molar-refractivity contribution in [1.29, 1.82) is 0 Å². The Labute approximate surface area is 148 Å². The van der Waals surface area contributed by atoms with E-state index in [0.29, 0.717) is 30.0 Å². The first-order valence-electron chi connectivity index (χ1n) is 9.17. The summed E-state index contributed by atoms with van der Waals surface area (Å²) in [5, 5.41) is 2.95. The summed E-state index contributed by atoms with van der Waals surface area (Å²) in [5.41, 5.74) is 0.596. The Kier molecular flexibility index (Phi) is 5.54. The fourth-order valence-electron chi connectivity index (χ4n) is 3.97. The largest absolute Gasteiger partial charge is 0.339 e. The molecule has 2 fully saturated rings. The quantitative estimate of drug-likeness (QED) is 0.821. The second kappa shape index (κ2) is 7.64. The number of piperidine rings is 2. The highest BCUT2D eigenvalue weighted by atomic mass is 32.1. The first kappa shape index (κ1) is 17.4. The predicted octanol–water partition coefficient (Wildman–Crippen LogP) is 2.96. The highest BCUT2D eigenvalue weighted by molar-refractivity contribution is 7.09. The van der Waals surface area contributed by atoms with Crippen LogP contribution in [0.4, 0.5) is 0 Å². The lowest BCUT2D eigenvalue weighted by molar-refractivity contribution is -0.140. The van der Waals surface area contributed by atoms with Crippen molar-refractivity contribution in [2.75, 3.05) is 19.6 Å². The van der Waals surface area contributed by atoms with Crippen molar-refractivity contribution in [3.63, 3.8) is 0 Å². The van der Waals surface area contributed by atoms with Crippen LogP contribution in [0.2, 0.25) is 0 Å². The van der Waals surface area contributed by atoms with Crippen LogP contribution in [0.3, 0.4) is 0 Å². The van der Waals surface area contributed by atoms with E-state index in [0.717, 1.165) is 56.7 Å². The molecule has 0 aromatic carbocycles. The molecule has 2 atom stereocenters. The van der Waals surface area contributed by atoms with Crippen molar-refractivity contribution in [1.82, 2.24) is 14.8 Å². The normalized spacial score (nSPS) is 24.2. The summed E-state index contributed by atoms with van der Waals surface area (Å²) in [4.78, 5) is 33.4. The lowest BCUT2D eigenvalue weighted by Gasteiger charge is -2.47. The van der Waals surface area contributed by atoms with Crippen LogP contribution in [0.1, 0.15) is 61.4 Å². The molecule has 2 saturated heterocycles. The number of hydrogen-bond acceptors (Lipinski definition) is 4. The molecule has 132 valence electrons. The fraction of sp³-hybridized carbons (Fsp3) is 0.722. The van der Waals surface area contributed by atoms with E-state index in [9.17, 15) is 9.59 Å². The van der Waals surface area contributed by atoms with Crippen LogP contribution in [-0.2, 0) is 11.2 Å². The van der Waals surface area contributed by atoms with Crippen molar-refractivity contribution in [2.24, 2.45) is 5.92 Å². The molecule has 24 heavy (non-hydrogen) atoms. The third-order valence-corrected chi connectivity index (χ3v) is 6.04. The summed E-state index contributed by atoms with van der Waals surface area (Å²) in [7, 11) is 0. The molecule has 2 aliphatic heterocycles. The van der Waals surface area contributed by atoms with Crippen LogP contribution in [0.15, 0.2) is 5.38 Å². The summed E-state index contributed by atoms with van der Waals surface area (Å²) in [5.74, 6) is 0.772. The summed E-state index contributed by atoms with van der Waals surface area (Å²) in [6.07, 6.45) is 5.42. The molecule has 0 N–H and O–H groups in total. The molecule has 1 aromatic rings. The average molecular weight is 350 g/mol. The number of hydrogen-bond donors (Lipinski definition) is 0. The van der Waals surface area contributed by atoms with E-state index in [2.05, 4.69) is 23.7 Å². The van der Waals surface area contributed by atoms with Gasteiger partial charge in [-0.3, -0.25) is 9.59 Å². The molecule has 3 heterocycles. The maximum Gasteiger partial charge on any atom is 0.273 e. The number of fused-ring (bicyclic) bond motifs is 1. The van der Waals surface area contributed by atoms with E-state index >= 15 is 0 Å². The molecule has 2 amide bonds. The standard InChI is InChI=1S/C18H27N3O2S/c1-3-5-16-19-14(12-24-16)18(23)20-10-8-15-13(11-20)6-7-17(22)21(15)9-4-2/h12-13,15H,3-11H2,1-2H3/t13-,15+/m0/s1. The van der Waals surface area contributed by atoms with Crippen molar-refractivity contribution in [2.45, 2.75) is 58.4 Å². The van der Waals surface area contributed by atoms with Gasteiger partial charge < -0.3 is 9.80 Å². The number of aromatic nitrogens is 1. The van der Waals surface area contributed by atoms with E-state index in [1.807, 2.05) is 10.3 Å². The second-order valence-electron chi connectivity index (χ2n) is 6.87. The second-order valence-corrected chi connectivity index (χ2v) is 7.81. The third-order valence-electron chi connectivity index (χ3n) is 5.13. The van der Waals surface area contributed by atoms with Crippen LogP contribution < -0.4 is 0 Å². The Hall–Kier alpha value is -1.43. The van der Waals surface area contributed by atoms with Crippen LogP contribution in [-0.4, -0.2) is 52.3 Å². The predicted molar refractivity (Wildman–Crippen MR) is 95.1 cm³/mol. The summed E-state index contributed by atoms with van der Waals surface area (Å²) in [6, 6.07) is 0.321. The number of aryl methyl sites for hydroxylation is 1. The van der Waals surface area contributed by atoms with E-state index in [4.69, 9.17) is 0 Å². The van der Waals surface area contributed by atoms with Gasteiger partial charge in [-0.1, -0.05) is 13.8 Å². The minimum Gasteiger partial charge on any atom is -0.339 e. The van der Waals surface area contributed by atoms with E-state index in [-0.39, 0.29) is 5.91 Å². The molecular formula is C18H27N3O2S. The molecule has 1 aromatic heterocycles. The fourth-order valence-corrected chi connectivity index (χ4v) is 4.84. The molecular weight excluding hydrogens is 322 g/mol. The summed E-state index contributed by atoms with van der Waals surface area (Å²) in [6.45, 7) is 6.58. The Balaban J connectivity index is 1.66. The molecule has 0 spiro atoms. The maximum atomic E-state index is 12.8. The molecule has 0 aliphatic carbocycles. The van der Waals surface area contributed by atoms with Crippen LogP contribution in [0.5, 0.6) is 0 Å². The molecule has 2 aliphatic rings. The number of rotatable bonds is 5. The zero-order valence-corrected chi connectivity index (χ0v) is 15.5. The van der Waals surface area contributed by atoms with Crippen LogP contribution >= 0.6 is 11.3 Å². The Bertz CT molecular complexity index is 601. The zero-order chi connectivity index (χ0) is 17.1. The number of carbonyl (C=O) groups excluding carboxylic acids is 2. The lowest BCUT2D eigenvalue weighted by atomic mass is 9.83. The molecule has 6 heteroatoms. The molecule has 3 rings (SSSR count). The Morgan fingerprint density at radius 2 is 2.17 bits per heavy atom. The minimum absolute atomic E-state index is 0.0611. The Morgan fingerprint density at radius 1 is 1.33 bits per heavy atom. The molecule has 0 unspecified atom stereocenters. The van der Waals surface area contributed by atoms with Gasteiger partial charge in [0.25, 0.3) is 5.91 Å². The van der Waals surface area contributed by atoms with Gasteiger partial charge >= 0.3 is 0 Å². The third kappa shape index (κ3) is 3.48. The summed E-state index contributed by atoms with van der Waals surface area (Å²) < 4.78 is 0. The topological polar surface area (TPSA) is 53.5 Å². The smallest absolute Gasteiger partial charge is 0.273 e. The van der Waals surface area contributed by atoms with Gasteiger partial charge in [0.05, 0.1) is 5.01 Å². The van der Waals surface area contributed by atoms with Gasteiger partial charge in [0.15, 0.2) is 0 Å².